The van der Waals surface area contributed by atoms with E-state index in [0.29, 0.717) is 0 Å². The van der Waals surface area contributed by atoms with Crippen LogP contribution in [0.15, 0.2) is 21.9 Å². The van der Waals surface area contributed by atoms with E-state index in [1.54, 1.807) is 11.3 Å². The topological polar surface area (TPSA) is 52.0 Å². The van der Waals surface area contributed by atoms with E-state index in [1.807, 2.05) is 36.2 Å². The van der Waals surface area contributed by atoms with E-state index in [1.165, 1.54) is 0 Å². The van der Waals surface area contributed by atoms with E-state index < -0.39 is 0 Å². The Bertz CT molecular complexity index is 479. The predicted molar refractivity (Wildman–Crippen MR) is 79.0 cm³/mol. The molecule has 2 aromatic rings. The summed E-state index contributed by atoms with van der Waals surface area (Å²) in [6.45, 7) is 4.08. The molecule has 1 atom stereocenters. The monoisotopic (exact) mass is 282 g/mol. The maximum Gasteiger partial charge on any atom is 0.236 e. The zero-order valence-corrected chi connectivity index (χ0v) is 12.3. The molecule has 18 heavy (non-hydrogen) atoms. The Hall–Kier alpha value is -0.780. The molecule has 5 heteroatoms. The number of hydrogen-bond donors (Lipinski definition) is 1. The number of oxazole rings is 1. The fraction of sp³-hybridized carbons (Fsp3) is 0.462. The molecular weight excluding hydrogens is 264 g/mol. The van der Waals surface area contributed by atoms with Crippen molar-refractivity contribution in [2.24, 2.45) is 5.73 Å². The third-order valence-electron chi connectivity index (χ3n) is 2.72. The van der Waals surface area contributed by atoms with Gasteiger partial charge in [0.25, 0.3) is 0 Å². The molecule has 0 aliphatic heterocycles. The molecule has 0 saturated carbocycles. The summed E-state index contributed by atoms with van der Waals surface area (Å²) in [4.78, 5) is 5.64. The van der Waals surface area contributed by atoms with Crippen molar-refractivity contribution >= 4 is 23.1 Å². The number of nitrogens with zero attached hydrogens (tertiary/aromatic N) is 1. The number of thioether (sulfide) groups is 1. The fourth-order valence-electron chi connectivity index (χ4n) is 1.49. The molecule has 0 aromatic carbocycles. The summed E-state index contributed by atoms with van der Waals surface area (Å²) in [7, 11) is 0. The number of nitrogens with two attached hydrogens (primary N) is 1. The van der Waals surface area contributed by atoms with Crippen LogP contribution in [0.1, 0.15) is 24.8 Å². The van der Waals surface area contributed by atoms with E-state index in [-0.39, 0.29) is 6.04 Å². The maximum absolute atomic E-state index is 5.89. The number of hydrogen-bond acceptors (Lipinski definition) is 5. The normalized spacial score (nSPS) is 12.8. The van der Waals surface area contributed by atoms with Gasteiger partial charge in [0, 0.05) is 17.5 Å². The summed E-state index contributed by atoms with van der Waals surface area (Å²) >= 11 is 3.47. The van der Waals surface area contributed by atoms with Crippen LogP contribution in [0.2, 0.25) is 0 Å². The van der Waals surface area contributed by atoms with Crippen LogP contribution in [0.5, 0.6) is 0 Å². The van der Waals surface area contributed by atoms with Crippen LogP contribution in [-0.4, -0.2) is 16.8 Å². The number of rotatable bonds is 6. The van der Waals surface area contributed by atoms with Crippen LogP contribution in [0.25, 0.3) is 10.8 Å². The summed E-state index contributed by atoms with van der Waals surface area (Å²) in [5, 5.41) is 2.03. The molecule has 2 aromatic heterocycles. The van der Waals surface area contributed by atoms with Gasteiger partial charge in [0.1, 0.15) is 5.76 Å². The molecule has 0 radical (unpaired) electrons. The lowest BCUT2D eigenvalue weighted by Gasteiger charge is -2.06. The molecule has 2 heterocycles. The first-order valence-electron chi connectivity index (χ1n) is 6.04. The SMILES string of the molecule is CCC(N)CSCc1nc(-c2cccs2)oc1C. The molecule has 0 bridgehead atoms. The highest BCUT2D eigenvalue weighted by molar-refractivity contribution is 7.98. The van der Waals surface area contributed by atoms with Gasteiger partial charge in [0.2, 0.25) is 5.89 Å². The first kappa shape index (κ1) is 13.6. The van der Waals surface area contributed by atoms with Crippen molar-refractivity contribution in [2.75, 3.05) is 5.75 Å². The molecule has 2 N–H and O–H groups in total. The van der Waals surface area contributed by atoms with Gasteiger partial charge in [-0.3, -0.25) is 0 Å². The predicted octanol–water partition coefficient (Wildman–Crippen LogP) is 3.68. The molecule has 0 aliphatic carbocycles. The highest BCUT2D eigenvalue weighted by Gasteiger charge is 2.12. The highest BCUT2D eigenvalue weighted by atomic mass is 32.2. The van der Waals surface area contributed by atoms with Crippen LogP contribution in [-0.2, 0) is 5.75 Å². The van der Waals surface area contributed by atoms with Crippen molar-refractivity contribution < 1.29 is 4.42 Å². The first-order valence-corrected chi connectivity index (χ1v) is 8.07. The van der Waals surface area contributed by atoms with E-state index in [4.69, 9.17) is 10.2 Å². The summed E-state index contributed by atoms with van der Waals surface area (Å²) in [5.74, 6) is 3.49. The van der Waals surface area contributed by atoms with Gasteiger partial charge in [-0.2, -0.15) is 11.8 Å². The molecule has 98 valence electrons. The third-order valence-corrected chi connectivity index (χ3v) is 4.72. The Kier molecular flexibility index (Phi) is 4.86. The summed E-state index contributed by atoms with van der Waals surface area (Å²) < 4.78 is 5.70. The van der Waals surface area contributed by atoms with Crippen LogP contribution < -0.4 is 5.73 Å². The zero-order chi connectivity index (χ0) is 13.0. The van der Waals surface area contributed by atoms with E-state index >= 15 is 0 Å². The van der Waals surface area contributed by atoms with Crippen molar-refractivity contribution in [3.63, 3.8) is 0 Å². The Morgan fingerprint density at radius 1 is 1.56 bits per heavy atom. The lowest BCUT2D eigenvalue weighted by molar-refractivity contribution is 0.542. The van der Waals surface area contributed by atoms with Gasteiger partial charge in [-0.25, -0.2) is 4.98 Å². The zero-order valence-electron chi connectivity index (χ0n) is 10.7. The second-order valence-corrected chi connectivity index (χ2v) is 6.16. The second-order valence-electron chi connectivity index (χ2n) is 4.18. The molecule has 1 unspecified atom stereocenters. The largest absolute Gasteiger partial charge is 0.440 e. The molecule has 0 fully saturated rings. The van der Waals surface area contributed by atoms with Crippen molar-refractivity contribution in [1.29, 1.82) is 0 Å². The van der Waals surface area contributed by atoms with E-state index in [0.717, 1.165) is 40.1 Å². The average molecular weight is 282 g/mol. The fourth-order valence-corrected chi connectivity index (χ4v) is 3.26. The van der Waals surface area contributed by atoms with Gasteiger partial charge >= 0.3 is 0 Å². The number of aryl methyl sites for hydroxylation is 1. The molecular formula is C13H18N2OS2. The summed E-state index contributed by atoms with van der Waals surface area (Å²) in [6, 6.07) is 4.31. The van der Waals surface area contributed by atoms with Crippen molar-refractivity contribution in [3.05, 3.63) is 29.0 Å². The molecule has 0 spiro atoms. The van der Waals surface area contributed by atoms with E-state index in [2.05, 4.69) is 11.9 Å². The van der Waals surface area contributed by atoms with Gasteiger partial charge in [-0.05, 0) is 24.8 Å². The Morgan fingerprint density at radius 3 is 3.06 bits per heavy atom. The molecule has 0 saturated heterocycles. The molecule has 3 nitrogen and oxygen atoms in total. The molecule has 0 aliphatic rings. The van der Waals surface area contributed by atoms with Crippen LogP contribution >= 0.6 is 23.1 Å². The Balaban J connectivity index is 1.97. The van der Waals surface area contributed by atoms with Gasteiger partial charge in [0.05, 0.1) is 10.6 Å². The van der Waals surface area contributed by atoms with Gasteiger partial charge in [-0.15, -0.1) is 11.3 Å². The van der Waals surface area contributed by atoms with Crippen LogP contribution in [0.4, 0.5) is 0 Å². The van der Waals surface area contributed by atoms with Crippen LogP contribution in [0.3, 0.4) is 0 Å². The minimum atomic E-state index is 0.277. The summed E-state index contributed by atoms with van der Waals surface area (Å²) in [6.07, 6.45) is 1.02. The highest BCUT2D eigenvalue weighted by Crippen LogP contribution is 2.27. The second kappa shape index (κ2) is 6.41. The lowest BCUT2D eigenvalue weighted by Crippen LogP contribution is -2.21. The minimum Gasteiger partial charge on any atom is -0.440 e. The minimum absolute atomic E-state index is 0.277. The smallest absolute Gasteiger partial charge is 0.236 e. The quantitative estimate of drug-likeness (QED) is 0.878. The number of aromatic nitrogens is 1. The lowest BCUT2D eigenvalue weighted by atomic mass is 10.3. The Labute approximate surface area is 116 Å². The van der Waals surface area contributed by atoms with Crippen LogP contribution in [0, 0.1) is 6.92 Å². The number of thiophene rings is 1. The summed E-state index contributed by atoms with van der Waals surface area (Å²) in [5.41, 5.74) is 6.93. The van der Waals surface area contributed by atoms with E-state index in [9.17, 15) is 0 Å². The standard InChI is InChI=1S/C13H18N2OS2/c1-3-10(14)7-17-8-11-9(2)16-13(15-11)12-5-4-6-18-12/h4-6,10H,3,7-8,14H2,1-2H3. The van der Waals surface area contributed by atoms with Crippen molar-refractivity contribution in [1.82, 2.24) is 4.98 Å². The Morgan fingerprint density at radius 2 is 2.39 bits per heavy atom. The first-order chi connectivity index (χ1) is 8.70. The van der Waals surface area contributed by atoms with Gasteiger partial charge in [-0.1, -0.05) is 13.0 Å². The van der Waals surface area contributed by atoms with Gasteiger partial charge in [0.15, 0.2) is 0 Å². The average Bonchev–Trinajstić information content (AvgIpc) is 2.99. The maximum atomic E-state index is 5.89. The molecule has 0 amide bonds. The van der Waals surface area contributed by atoms with Crippen molar-refractivity contribution in [3.8, 4) is 10.8 Å². The van der Waals surface area contributed by atoms with Gasteiger partial charge < -0.3 is 10.2 Å². The van der Waals surface area contributed by atoms with Crippen molar-refractivity contribution in [2.45, 2.75) is 32.1 Å². The molecule has 2 rings (SSSR count). The third kappa shape index (κ3) is 3.37.